The number of aliphatic imine (C=N–C) groups is 1. The van der Waals surface area contributed by atoms with Crippen LogP contribution in [0.15, 0.2) is 41.5 Å². The third-order valence-electron chi connectivity index (χ3n) is 7.61. The number of aryl methyl sites for hydroxylation is 1. The van der Waals surface area contributed by atoms with Gasteiger partial charge >= 0.3 is 6.18 Å². The van der Waals surface area contributed by atoms with Gasteiger partial charge in [-0.05, 0) is 48.2 Å². The standard InChI is InChI=1S/C27H25F3N6O5S/c1-31-10-15-2-5-21(32-11-15)36-23(33-24(37)17-12-42(39,40)13-17)22-20(35-36)9-26(34-25(22)38)7-6-16-8-18(3-4-19(16)26)41-14-27(28,29)30/h2-5,8,10-11,17H,6-7,9,12-14H2,1H3,(H,33,37)(H,34,38)/t26-/m0/s1. The number of fused-ring (bicyclic) bond motifs is 3. The molecule has 2 aromatic heterocycles. The number of benzene rings is 1. The molecule has 0 unspecified atom stereocenters. The number of anilines is 1. The van der Waals surface area contributed by atoms with Crippen LogP contribution in [0.2, 0.25) is 0 Å². The number of rotatable bonds is 6. The molecule has 220 valence electrons. The Hall–Kier alpha value is -4.27. The molecule has 3 aromatic rings. The number of pyridine rings is 1. The summed E-state index contributed by atoms with van der Waals surface area (Å²) in [6.07, 6.45) is -0.0758. The van der Waals surface area contributed by atoms with E-state index in [4.69, 9.17) is 4.74 Å². The Balaban J connectivity index is 1.35. The molecular weight excluding hydrogens is 577 g/mol. The Bertz CT molecular complexity index is 1720. The Labute approximate surface area is 238 Å². The van der Waals surface area contributed by atoms with Gasteiger partial charge in [0.1, 0.15) is 11.3 Å². The first-order valence-electron chi connectivity index (χ1n) is 13.0. The molecule has 15 heteroatoms. The van der Waals surface area contributed by atoms with Crippen LogP contribution in [-0.4, -0.2) is 72.5 Å². The van der Waals surface area contributed by atoms with E-state index >= 15 is 0 Å². The lowest BCUT2D eigenvalue weighted by Gasteiger charge is -2.35. The van der Waals surface area contributed by atoms with Crippen molar-refractivity contribution >= 4 is 33.7 Å². The summed E-state index contributed by atoms with van der Waals surface area (Å²) in [7, 11) is -1.64. The SMILES string of the molecule is CN=Cc1ccc(-n2nc3c(c2NC(=O)C2CS(=O)(=O)C2)C(=O)N[C@@]2(CCc4cc(OCC(F)(F)F)ccc42)C3)nc1. The number of carbonyl (C=O) groups excluding carboxylic acids is 2. The first kappa shape index (κ1) is 27.9. The van der Waals surface area contributed by atoms with Gasteiger partial charge < -0.3 is 15.4 Å². The smallest absolute Gasteiger partial charge is 0.422 e. The maximum Gasteiger partial charge on any atom is 0.422 e. The molecule has 42 heavy (non-hydrogen) atoms. The number of amides is 2. The molecule has 3 aliphatic rings. The van der Waals surface area contributed by atoms with Crippen LogP contribution in [0, 0.1) is 5.92 Å². The van der Waals surface area contributed by atoms with E-state index in [1.807, 2.05) is 0 Å². The summed E-state index contributed by atoms with van der Waals surface area (Å²) in [4.78, 5) is 35.0. The summed E-state index contributed by atoms with van der Waals surface area (Å²) >= 11 is 0. The Morgan fingerprint density at radius 2 is 2.07 bits per heavy atom. The number of aromatic nitrogens is 3. The Morgan fingerprint density at radius 3 is 2.74 bits per heavy atom. The number of sulfone groups is 1. The lowest BCUT2D eigenvalue weighted by Crippen LogP contribution is -2.50. The average Bonchev–Trinajstić information content (AvgIpc) is 3.44. The van der Waals surface area contributed by atoms with Crippen molar-refractivity contribution < 1.29 is 35.9 Å². The van der Waals surface area contributed by atoms with E-state index in [9.17, 15) is 31.2 Å². The second-order valence-electron chi connectivity index (χ2n) is 10.6. The van der Waals surface area contributed by atoms with Crippen molar-refractivity contribution in [3.63, 3.8) is 0 Å². The highest BCUT2D eigenvalue weighted by molar-refractivity contribution is 7.92. The highest BCUT2D eigenvalue weighted by Crippen LogP contribution is 2.44. The fourth-order valence-corrected chi connectivity index (χ4v) is 7.13. The third kappa shape index (κ3) is 5.12. The predicted octanol–water partition coefficient (Wildman–Crippen LogP) is 2.37. The van der Waals surface area contributed by atoms with Gasteiger partial charge in [0.25, 0.3) is 5.91 Å². The van der Waals surface area contributed by atoms with Gasteiger partial charge in [-0.25, -0.2) is 13.4 Å². The maximum absolute atomic E-state index is 13.7. The number of hydrogen-bond donors (Lipinski definition) is 2. The van der Waals surface area contributed by atoms with Gasteiger partial charge in [-0.3, -0.25) is 14.6 Å². The largest absolute Gasteiger partial charge is 0.484 e. The minimum atomic E-state index is -4.47. The maximum atomic E-state index is 13.7. The summed E-state index contributed by atoms with van der Waals surface area (Å²) in [5.41, 5.74) is 1.90. The molecule has 2 N–H and O–H groups in total. The second-order valence-corrected chi connectivity index (χ2v) is 12.8. The molecule has 0 radical (unpaired) electrons. The van der Waals surface area contributed by atoms with Crippen LogP contribution in [0.3, 0.4) is 0 Å². The van der Waals surface area contributed by atoms with Crippen molar-refractivity contribution in [1.29, 1.82) is 0 Å². The van der Waals surface area contributed by atoms with Gasteiger partial charge in [0.05, 0.1) is 28.7 Å². The second kappa shape index (κ2) is 9.93. The van der Waals surface area contributed by atoms with E-state index in [0.29, 0.717) is 24.4 Å². The van der Waals surface area contributed by atoms with Crippen LogP contribution in [0.25, 0.3) is 5.82 Å². The van der Waals surface area contributed by atoms with Gasteiger partial charge in [-0.2, -0.15) is 23.0 Å². The normalized spacial score (nSPS) is 21.1. The van der Waals surface area contributed by atoms with Crippen molar-refractivity contribution in [3.05, 3.63) is 64.5 Å². The topological polar surface area (TPSA) is 145 Å². The zero-order valence-electron chi connectivity index (χ0n) is 22.2. The number of nitrogens with zero attached hydrogens (tertiary/aromatic N) is 4. The number of carbonyl (C=O) groups is 2. The number of hydrogen-bond acceptors (Lipinski definition) is 8. The van der Waals surface area contributed by atoms with Gasteiger partial charge in [0.15, 0.2) is 28.1 Å². The van der Waals surface area contributed by atoms with Crippen LogP contribution >= 0.6 is 0 Å². The van der Waals surface area contributed by atoms with Crippen LogP contribution in [0.4, 0.5) is 19.0 Å². The monoisotopic (exact) mass is 602 g/mol. The van der Waals surface area contributed by atoms with E-state index in [0.717, 1.165) is 16.7 Å². The third-order valence-corrected chi connectivity index (χ3v) is 9.43. The van der Waals surface area contributed by atoms with Crippen molar-refractivity contribution in [2.24, 2.45) is 10.9 Å². The number of ether oxygens (including phenoxy) is 1. The van der Waals surface area contributed by atoms with E-state index < -0.39 is 45.9 Å². The Kier molecular flexibility index (Phi) is 6.59. The lowest BCUT2D eigenvalue weighted by molar-refractivity contribution is -0.153. The molecule has 1 atom stereocenters. The first-order chi connectivity index (χ1) is 19.9. The molecule has 6 rings (SSSR count). The van der Waals surface area contributed by atoms with Crippen molar-refractivity contribution in [3.8, 4) is 11.6 Å². The van der Waals surface area contributed by atoms with Gasteiger partial charge in [-0.1, -0.05) is 6.07 Å². The fourth-order valence-electron chi connectivity index (χ4n) is 5.69. The van der Waals surface area contributed by atoms with Gasteiger partial charge in [0, 0.05) is 31.4 Å². The summed E-state index contributed by atoms with van der Waals surface area (Å²) < 4.78 is 67.5. The zero-order valence-corrected chi connectivity index (χ0v) is 23.1. The number of halogens is 3. The summed E-state index contributed by atoms with van der Waals surface area (Å²) in [5.74, 6) is -1.88. The highest BCUT2D eigenvalue weighted by atomic mass is 32.2. The number of alkyl halides is 3. The van der Waals surface area contributed by atoms with Gasteiger partial charge in [-0.15, -0.1) is 0 Å². The van der Waals surface area contributed by atoms with Crippen molar-refractivity contribution in [2.75, 3.05) is 30.5 Å². The van der Waals surface area contributed by atoms with Gasteiger partial charge in [0.2, 0.25) is 5.91 Å². The molecule has 0 saturated carbocycles. The van der Waals surface area contributed by atoms with E-state index in [1.54, 1.807) is 43.7 Å². The molecule has 1 fully saturated rings. The highest BCUT2D eigenvalue weighted by Gasteiger charge is 2.47. The molecule has 0 bridgehead atoms. The summed E-state index contributed by atoms with van der Waals surface area (Å²) in [6.45, 7) is -1.41. The number of nitrogens with one attached hydrogen (secondary N) is 2. The molecule has 1 saturated heterocycles. The van der Waals surface area contributed by atoms with E-state index in [1.165, 1.54) is 10.7 Å². The fraction of sp³-hybridized carbons (Fsp3) is 0.370. The zero-order chi connectivity index (χ0) is 29.9. The van der Waals surface area contributed by atoms with Crippen LogP contribution in [0.5, 0.6) is 5.75 Å². The summed E-state index contributed by atoms with van der Waals surface area (Å²) in [6, 6.07) is 8.06. The van der Waals surface area contributed by atoms with Crippen LogP contribution in [-0.2, 0) is 33.0 Å². The molecule has 4 heterocycles. The Morgan fingerprint density at radius 1 is 1.29 bits per heavy atom. The van der Waals surface area contributed by atoms with E-state index in [2.05, 4.69) is 25.7 Å². The first-order valence-corrected chi connectivity index (χ1v) is 14.9. The molecule has 2 amide bonds. The predicted molar refractivity (Wildman–Crippen MR) is 145 cm³/mol. The molecule has 1 aromatic carbocycles. The van der Waals surface area contributed by atoms with Crippen LogP contribution < -0.4 is 15.4 Å². The minimum absolute atomic E-state index is 0.0742. The quantitative estimate of drug-likeness (QED) is 0.412. The van der Waals surface area contributed by atoms with Crippen LogP contribution in [0.1, 0.15) is 39.2 Å². The minimum Gasteiger partial charge on any atom is -0.484 e. The molecule has 2 aliphatic heterocycles. The molecule has 11 nitrogen and oxygen atoms in total. The van der Waals surface area contributed by atoms with E-state index in [-0.39, 0.29) is 35.1 Å². The lowest BCUT2D eigenvalue weighted by atomic mass is 9.82. The summed E-state index contributed by atoms with van der Waals surface area (Å²) in [5, 5.41) is 10.5. The molecular formula is C27H25F3N6O5S. The van der Waals surface area contributed by atoms with Crippen molar-refractivity contribution in [2.45, 2.75) is 31.0 Å². The molecule has 1 aliphatic carbocycles. The molecule has 1 spiro atoms. The average molecular weight is 603 g/mol. The van der Waals surface area contributed by atoms with Crippen molar-refractivity contribution in [1.82, 2.24) is 20.1 Å².